The van der Waals surface area contributed by atoms with Gasteiger partial charge in [-0.25, -0.2) is 0 Å². The summed E-state index contributed by atoms with van der Waals surface area (Å²) in [5.74, 6) is 0.552. The number of benzene rings is 1. The van der Waals surface area contributed by atoms with Crippen LogP contribution in [0.4, 0.5) is 0 Å². The molecule has 2 saturated heterocycles. The first kappa shape index (κ1) is 13.7. The Hall–Kier alpha value is -0.280. The molecule has 2 bridgehead atoms. The van der Waals surface area contributed by atoms with Gasteiger partial charge in [-0.1, -0.05) is 36.2 Å². The van der Waals surface area contributed by atoms with E-state index in [0.717, 1.165) is 13.0 Å². The lowest BCUT2D eigenvalue weighted by molar-refractivity contribution is 0.0858. The second-order valence-corrected chi connectivity index (χ2v) is 6.30. The molecule has 2 fully saturated rings. The summed E-state index contributed by atoms with van der Waals surface area (Å²) in [4.78, 5) is 0. The molecule has 104 valence electrons. The minimum absolute atomic E-state index is 0.315. The van der Waals surface area contributed by atoms with Crippen molar-refractivity contribution in [2.75, 3.05) is 6.54 Å². The predicted octanol–water partition coefficient (Wildman–Crippen LogP) is 4.21. The van der Waals surface area contributed by atoms with Gasteiger partial charge in [0.2, 0.25) is 0 Å². The highest BCUT2D eigenvalue weighted by molar-refractivity contribution is 6.42. The fourth-order valence-corrected chi connectivity index (χ4v) is 3.78. The number of hydrogen-bond donors (Lipinski definition) is 1. The van der Waals surface area contributed by atoms with Crippen LogP contribution in [0, 0.1) is 5.92 Å². The van der Waals surface area contributed by atoms with Crippen LogP contribution in [0.2, 0.25) is 10.0 Å². The molecule has 0 amide bonds. The fourth-order valence-electron chi connectivity index (χ4n) is 3.47. The quantitative estimate of drug-likeness (QED) is 0.899. The zero-order chi connectivity index (χ0) is 13.4. The highest BCUT2D eigenvalue weighted by Crippen LogP contribution is 2.45. The highest BCUT2D eigenvalue weighted by atomic mass is 35.5. The molecule has 4 unspecified atom stereocenters. The first-order valence-electron chi connectivity index (χ1n) is 7.03. The number of rotatable bonds is 4. The van der Waals surface area contributed by atoms with Gasteiger partial charge in [-0.2, -0.15) is 0 Å². The van der Waals surface area contributed by atoms with Crippen LogP contribution >= 0.6 is 23.2 Å². The molecular formula is C15H19Cl2NO. The van der Waals surface area contributed by atoms with Gasteiger partial charge in [-0.15, -0.1) is 0 Å². The number of ether oxygens (including phenoxy) is 1. The zero-order valence-electron chi connectivity index (χ0n) is 11.0. The van der Waals surface area contributed by atoms with Crippen LogP contribution in [0.5, 0.6) is 0 Å². The third-order valence-corrected chi connectivity index (χ3v) is 5.05. The first-order valence-corrected chi connectivity index (χ1v) is 7.78. The molecule has 0 spiro atoms. The topological polar surface area (TPSA) is 21.3 Å². The Morgan fingerprint density at radius 1 is 1.32 bits per heavy atom. The van der Waals surface area contributed by atoms with Gasteiger partial charge >= 0.3 is 0 Å². The maximum absolute atomic E-state index is 6.15. The molecule has 19 heavy (non-hydrogen) atoms. The van der Waals surface area contributed by atoms with Crippen molar-refractivity contribution in [1.29, 1.82) is 0 Å². The summed E-state index contributed by atoms with van der Waals surface area (Å²) < 4.78 is 5.99. The molecule has 2 heterocycles. The lowest BCUT2D eigenvalue weighted by atomic mass is 9.81. The van der Waals surface area contributed by atoms with Crippen LogP contribution in [0.15, 0.2) is 18.2 Å². The van der Waals surface area contributed by atoms with Crippen LogP contribution in [-0.2, 0) is 4.74 Å². The maximum atomic E-state index is 6.15. The summed E-state index contributed by atoms with van der Waals surface area (Å²) in [7, 11) is 0. The molecule has 2 nitrogen and oxygen atoms in total. The molecule has 1 aromatic rings. The van der Waals surface area contributed by atoms with E-state index in [2.05, 4.69) is 18.3 Å². The summed E-state index contributed by atoms with van der Waals surface area (Å²) in [5, 5.41) is 4.84. The highest BCUT2D eigenvalue weighted by Gasteiger charge is 2.44. The van der Waals surface area contributed by atoms with Crippen molar-refractivity contribution in [2.24, 2.45) is 5.92 Å². The molecule has 0 radical (unpaired) electrons. The van der Waals surface area contributed by atoms with Crippen molar-refractivity contribution in [3.63, 3.8) is 0 Å². The molecule has 3 rings (SSSR count). The van der Waals surface area contributed by atoms with Crippen LogP contribution in [0.25, 0.3) is 0 Å². The number of halogens is 2. The monoisotopic (exact) mass is 299 g/mol. The van der Waals surface area contributed by atoms with E-state index in [1.807, 2.05) is 12.1 Å². The van der Waals surface area contributed by atoms with Gasteiger partial charge in [-0.05, 0) is 43.5 Å². The van der Waals surface area contributed by atoms with E-state index in [9.17, 15) is 0 Å². The van der Waals surface area contributed by atoms with Crippen molar-refractivity contribution in [3.05, 3.63) is 33.8 Å². The molecule has 4 heteroatoms. The summed E-state index contributed by atoms with van der Waals surface area (Å²) in [6.07, 6.45) is 4.45. The van der Waals surface area contributed by atoms with Crippen LogP contribution < -0.4 is 5.32 Å². The molecular weight excluding hydrogens is 281 g/mol. The number of fused-ring (bicyclic) bond motifs is 2. The molecule has 1 aromatic carbocycles. The lowest BCUT2D eigenvalue weighted by Crippen LogP contribution is -2.33. The average Bonchev–Trinajstić information content (AvgIpc) is 3.02. The van der Waals surface area contributed by atoms with Crippen LogP contribution in [0.3, 0.4) is 0 Å². The van der Waals surface area contributed by atoms with Crippen molar-refractivity contribution in [3.8, 4) is 0 Å². The van der Waals surface area contributed by atoms with Gasteiger partial charge < -0.3 is 10.1 Å². The van der Waals surface area contributed by atoms with Gasteiger partial charge in [0.05, 0.1) is 22.3 Å². The average molecular weight is 300 g/mol. The zero-order valence-corrected chi connectivity index (χ0v) is 12.5. The first-order chi connectivity index (χ1) is 9.19. The van der Waals surface area contributed by atoms with Crippen LogP contribution in [-0.4, -0.2) is 18.8 Å². The van der Waals surface area contributed by atoms with Crippen molar-refractivity contribution >= 4 is 23.2 Å². The SMILES string of the molecule is CCNC(c1ccc(Cl)c(Cl)c1)C1CC2CCC1O2. The fraction of sp³-hybridized carbons (Fsp3) is 0.600. The molecule has 0 saturated carbocycles. The van der Waals surface area contributed by atoms with Crippen molar-refractivity contribution < 1.29 is 4.74 Å². The Morgan fingerprint density at radius 2 is 2.16 bits per heavy atom. The summed E-state index contributed by atoms with van der Waals surface area (Å²) in [5.41, 5.74) is 1.22. The maximum Gasteiger partial charge on any atom is 0.0627 e. The van der Waals surface area contributed by atoms with Crippen molar-refractivity contribution in [2.45, 2.75) is 44.4 Å². The molecule has 0 aromatic heterocycles. The van der Waals surface area contributed by atoms with Gasteiger partial charge in [-0.3, -0.25) is 0 Å². The third-order valence-electron chi connectivity index (χ3n) is 4.31. The van der Waals surface area contributed by atoms with E-state index < -0.39 is 0 Å². The number of hydrogen-bond acceptors (Lipinski definition) is 2. The van der Waals surface area contributed by atoms with Crippen LogP contribution in [0.1, 0.15) is 37.8 Å². The predicted molar refractivity (Wildman–Crippen MR) is 78.9 cm³/mol. The summed E-state index contributed by atoms with van der Waals surface area (Å²) in [6, 6.07) is 6.27. The van der Waals surface area contributed by atoms with E-state index in [1.54, 1.807) is 0 Å². The Morgan fingerprint density at radius 3 is 2.74 bits per heavy atom. The van der Waals surface area contributed by atoms with E-state index in [0.29, 0.717) is 34.2 Å². The number of nitrogens with one attached hydrogen (secondary N) is 1. The Balaban J connectivity index is 1.85. The van der Waals surface area contributed by atoms with E-state index in [1.165, 1.54) is 18.4 Å². The molecule has 2 aliphatic heterocycles. The molecule has 0 aliphatic carbocycles. The van der Waals surface area contributed by atoms with Gasteiger partial charge in [0.25, 0.3) is 0 Å². The third kappa shape index (κ3) is 2.64. The summed E-state index contributed by atoms with van der Waals surface area (Å²) >= 11 is 12.2. The summed E-state index contributed by atoms with van der Waals surface area (Å²) in [6.45, 7) is 3.08. The van der Waals surface area contributed by atoms with Gasteiger partial charge in [0.15, 0.2) is 0 Å². The Kier molecular flexibility index (Phi) is 4.04. The molecule has 2 aliphatic rings. The van der Waals surface area contributed by atoms with E-state index in [-0.39, 0.29) is 0 Å². The second-order valence-electron chi connectivity index (χ2n) is 5.48. The van der Waals surface area contributed by atoms with Gasteiger partial charge in [0.1, 0.15) is 0 Å². The molecule has 1 N–H and O–H groups in total. The smallest absolute Gasteiger partial charge is 0.0627 e. The van der Waals surface area contributed by atoms with E-state index >= 15 is 0 Å². The minimum atomic E-state index is 0.315. The Labute approximate surface area is 124 Å². The standard InChI is InChI=1S/C15H19Cl2NO/c1-2-18-15(9-3-5-12(16)13(17)7-9)11-8-10-4-6-14(11)19-10/h3,5,7,10-11,14-15,18H,2,4,6,8H2,1H3. The second kappa shape index (κ2) is 5.61. The largest absolute Gasteiger partial charge is 0.375 e. The normalized spacial score (nSPS) is 30.8. The minimum Gasteiger partial charge on any atom is -0.375 e. The lowest BCUT2D eigenvalue weighted by Gasteiger charge is -2.29. The molecule has 4 atom stereocenters. The van der Waals surface area contributed by atoms with Gasteiger partial charge in [0, 0.05) is 12.0 Å². The van der Waals surface area contributed by atoms with E-state index in [4.69, 9.17) is 27.9 Å². The Bertz CT molecular complexity index is 465. The van der Waals surface area contributed by atoms with Crippen molar-refractivity contribution in [1.82, 2.24) is 5.32 Å².